The van der Waals surface area contributed by atoms with Crippen LogP contribution in [0.3, 0.4) is 0 Å². The fourth-order valence-electron chi connectivity index (χ4n) is 1.98. The van der Waals surface area contributed by atoms with Crippen molar-refractivity contribution in [3.63, 3.8) is 0 Å². The molecule has 9 heteroatoms. The maximum Gasteiger partial charge on any atom is 0.303 e. The highest BCUT2D eigenvalue weighted by Gasteiger charge is 2.19. The number of rotatable bonds is 9. The van der Waals surface area contributed by atoms with E-state index in [-0.39, 0.29) is 31.9 Å². The number of aromatic nitrogens is 1. The second-order valence-corrected chi connectivity index (χ2v) is 6.79. The van der Waals surface area contributed by atoms with Crippen molar-refractivity contribution in [1.29, 1.82) is 0 Å². The number of aliphatic hydroxyl groups is 3. The molecule has 0 bridgehead atoms. The van der Waals surface area contributed by atoms with Crippen LogP contribution in [0.5, 0.6) is 5.88 Å². The van der Waals surface area contributed by atoms with Gasteiger partial charge in [-0.25, -0.2) is 0 Å². The van der Waals surface area contributed by atoms with Gasteiger partial charge in [0, 0.05) is 19.6 Å². The van der Waals surface area contributed by atoms with Gasteiger partial charge in [0.1, 0.15) is 6.10 Å². The normalized spacial score (nSPS) is 14.7. The van der Waals surface area contributed by atoms with E-state index in [0.29, 0.717) is 20.8 Å². The van der Waals surface area contributed by atoms with Crippen molar-refractivity contribution in [3.8, 4) is 5.88 Å². The van der Waals surface area contributed by atoms with Crippen molar-refractivity contribution < 1.29 is 30.3 Å². The summed E-state index contributed by atoms with van der Waals surface area (Å²) in [5.74, 6) is -1.00. The first-order chi connectivity index (χ1) is 10.8. The van der Waals surface area contributed by atoms with Gasteiger partial charge in [-0.1, -0.05) is 0 Å². The number of aliphatic hydroxyl groups excluding tert-OH is 3. The third kappa shape index (κ3) is 5.70. The molecule has 0 radical (unpaired) electrons. The molecule has 0 spiro atoms. The number of nitrogens with zero attached hydrogens (tertiary/aromatic N) is 1. The van der Waals surface area contributed by atoms with Crippen LogP contribution >= 0.6 is 23.6 Å². The summed E-state index contributed by atoms with van der Waals surface area (Å²) in [6.07, 6.45) is -0.359. The Morgan fingerprint density at radius 3 is 2.65 bits per heavy atom. The highest BCUT2D eigenvalue weighted by molar-refractivity contribution is 7.73. The number of carbonyl (C=O) groups is 1. The third-order valence-corrected chi connectivity index (χ3v) is 4.67. The first-order valence-electron chi connectivity index (χ1n) is 7.07. The van der Waals surface area contributed by atoms with E-state index in [2.05, 4.69) is 0 Å². The molecule has 1 aromatic heterocycles. The Morgan fingerprint density at radius 1 is 1.43 bits per heavy atom. The minimum absolute atomic E-state index is 0.0205. The van der Waals surface area contributed by atoms with E-state index in [1.54, 1.807) is 6.92 Å². The Bertz CT molecular complexity index is 621. The van der Waals surface area contributed by atoms with Crippen LogP contribution in [0.1, 0.15) is 31.1 Å². The quantitative estimate of drug-likeness (QED) is 0.420. The topological polar surface area (TPSA) is 123 Å². The summed E-state index contributed by atoms with van der Waals surface area (Å²) in [7, 11) is 0. The van der Waals surface area contributed by atoms with Gasteiger partial charge in [0.15, 0.2) is 3.95 Å². The molecule has 0 aliphatic heterocycles. The minimum atomic E-state index is -1.15. The molecule has 0 aliphatic carbocycles. The van der Waals surface area contributed by atoms with E-state index >= 15 is 0 Å². The van der Waals surface area contributed by atoms with Gasteiger partial charge in [-0.2, -0.15) is 0 Å². The molecule has 130 valence electrons. The Kier molecular flexibility index (Phi) is 7.86. The molecular weight excluding hydrogens is 342 g/mol. The minimum Gasteiger partial charge on any atom is -0.493 e. The van der Waals surface area contributed by atoms with Crippen molar-refractivity contribution >= 4 is 35.6 Å². The summed E-state index contributed by atoms with van der Waals surface area (Å²) in [6.45, 7) is 1.65. The summed E-state index contributed by atoms with van der Waals surface area (Å²) in [4.78, 5) is 11.0. The molecule has 1 rings (SSSR count). The smallest absolute Gasteiger partial charge is 0.303 e. The van der Waals surface area contributed by atoms with E-state index < -0.39 is 18.2 Å². The zero-order valence-electron chi connectivity index (χ0n) is 12.7. The molecule has 7 nitrogen and oxygen atoms in total. The van der Waals surface area contributed by atoms with Gasteiger partial charge in [0.05, 0.1) is 11.0 Å². The molecule has 0 aromatic carbocycles. The van der Waals surface area contributed by atoms with E-state index in [1.807, 2.05) is 0 Å². The van der Waals surface area contributed by atoms with Crippen molar-refractivity contribution in [2.24, 2.45) is 0 Å². The van der Waals surface area contributed by atoms with Crippen LogP contribution in [0.25, 0.3) is 6.08 Å². The van der Waals surface area contributed by atoms with Crippen molar-refractivity contribution in [2.45, 2.75) is 44.9 Å². The lowest BCUT2D eigenvalue weighted by Gasteiger charge is -2.17. The molecule has 1 aromatic rings. The standard InChI is InChI=1S/C14H21NO6S2/c1-8(12(20)9(17)4-6-16)7-10-13(21)15(14(22)23-10)5-2-3-11(18)19/h7,9,12,16-17,20-21H,2-6H2,1H3,(H,18,19). The van der Waals surface area contributed by atoms with Crippen molar-refractivity contribution in [2.75, 3.05) is 6.61 Å². The van der Waals surface area contributed by atoms with Gasteiger partial charge < -0.3 is 25.5 Å². The largest absolute Gasteiger partial charge is 0.493 e. The van der Waals surface area contributed by atoms with Crippen molar-refractivity contribution in [1.82, 2.24) is 4.57 Å². The van der Waals surface area contributed by atoms with E-state index in [1.165, 1.54) is 10.6 Å². The molecule has 1 heterocycles. The Morgan fingerprint density at radius 2 is 2.09 bits per heavy atom. The second-order valence-electron chi connectivity index (χ2n) is 5.12. The fourth-order valence-corrected chi connectivity index (χ4v) is 3.35. The highest BCUT2D eigenvalue weighted by atomic mass is 32.1. The molecule has 2 unspecified atom stereocenters. The SMILES string of the molecule is CC(=Cc1sc(=S)n(CCCC(=O)O)c1O)C(O)C(O)CCO. The number of carboxylic acid groups (broad SMARTS) is 1. The van der Waals surface area contributed by atoms with Crippen LogP contribution in [0.4, 0.5) is 0 Å². The summed E-state index contributed by atoms with van der Waals surface area (Å²) in [6, 6.07) is 0. The number of thiazole rings is 1. The van der Waals surface area contributed by atoms with E-state index in [9.17, 15) is 20.1 Å². The summed E-state index contributed by atoms with van der Waals surface area (Å²) in [5.41, 5.74) is 0.426. The Labute approximate surface area is 142 Å². The van der Waals surface area contributed by atoms with E-state index in [4.69, 9.17) is 22.4 Å². The lowest BCUT2D eigenvalue weighted by atomic mass is 10.0. The summed E-state index contributed by atoms with van der Waals surface area (Å²) in [5, 5.41) is 47.2. The highest BCUT2D eigenvalue weighted by Crippen LogP contribution is 2.29. The second kappa shape index (κ2) is 9.14. The Balaban J connectivity index is 2.91. The number of aliphatic carboxylic acids is 1. The van der Waals surface area contributed by atoms with Gasteiger partial charge >= 0.3 is 5.97 Å². The summed E-state index contributed by atoms with van der Waals surface area (Å²) >= 11 is 6.28. The monoisotopic (exact) mass is 363 g/mol. The molecule has 0 amide bonds. The third-order valence-electron chi connectivity index (χ3n) is 3.28. The summed E-state index contributed by atoms with van der Waals surface area (Å²) < 4.78 is 1.84. The molecule has 0 saturated carbocycles. The van der Waals surface area contributed by atoms with Crippen molar-refractivity contribution in [3.05, 3.63) is 14.4 Å². The van der Waals surface area contributed by atoms with Crippen LogP contribution in [0.15, 0.2) is 5.57 Å². The number of hydrogen-bond donors (Lipinski definition) is 5. The van der Waals surface area contributed by atoms with Gasteiger partial charge in [-0.3, -0.25) is 9.36 Å². The van der Waals surface area contributed by atoms with Gasteiger partial charge in [0.25, 0.3) is 0 Å². The predicted octanol–water partition coefficient (Wildman–Crippen LogP) is 1.36. The zero-order valence-corrected chi connectivity index (χ0v) is 14.3. The van der Waals surface area contributed by atoms with Gasteiger partial charge in [0.2, 0.25) is 5.88 Å². The first kappa shape index (κ1) is 19.8. The zero-order chi connectivity index (χ0) is 17.6. The average Bonchev–Trinajstić information content (AvgIpc) is 2.73. The fraction of sp³-hybridized carbons (Fsp3) is 0.571. The molecule has 0 fully saturated rings. The maximum absolute atomic E-state index is 10.5. The molecular formula is C14H21NO6S2. The molecule has 5 N–H and O–H groups in total. The Hall–Kier alpha value is -1.26. The first-order valence-corrected chi connectivity index (χ1v) is 8.30. The van der Waals surface area contributed by atoms with Gasteiger partial charge in [-0.15, -0.1) is 11.3 Å². The van der Waals surface area contributed by atoms with Crippen LogP contribution in [-0.2, 0) is 11.3 Å². The van der Waals surface area contributed by atoms with Gasteiger partial charge in [-0.05, 0) is 43.6 Å². The average molecular weight is 363 g/mol. The lowest BCUT2D eigenvalue weighted by molar-refractivity contribution is -0.137. The molecule has 23 heavy (non-hydrogen) atoms. The number of hydrogen-bond acceptors (Lipinski definition) is 7. The van der Waals surface area contributed by atoms with Crippen LogP contribution in [0, 0.1) is 3.95 Å². The number of aromatic hydroxyl groups is 1. The van der Waals surface area contributed by atoms with Crippen LogP contribution in [-0.4, -0.2) is 54.9 Å². The number of carboxylic acids is 1. The maximum atomic E-state index is 10.5. The molecule has 0 saturated heterocycles. The van der Waals surface area contributed by atoms with Crippen LogP contribution < -0.4 is 0 Å². The lowest BCUT2D eigenvalue weighted by Crippen LogP contribution is -2.27. The predicted molar refractivity (Wildman–Crippen MR) is 89.0 cm³/mol. The molecule has 2 atom stereocenters. The molecule has 0 aliphatic rings. The van der Waals surface area contributed by atoms with E-state index in [0.717, 1.165) is 11.3 Å². The van der Waals surface area contributed by atoms with Crippen LogP contribution in [0.2, 0.25) is 0 Å².